The molecule has 0 amide bonds. The molecule has 0 atom stereocenters. The van der Waals surface area contributed by atoms with E-state index in [1.165, 1.54) is 4.57 Å². The summed E-state index contributed by atoms with van der Waals surface area (Å²) in [4.78, 5) is 25.4. The van der Waals surface area contributed by atoms with Gasteiger partial charge in [-0.3, -0.25) is 9.13 Å². The standard InChI is InChI=1S/C22H15ClN6O/c23-13-28-19-6-3-10-24-20(19)29(22(28)30)15-7-8-18-14(12-15)9-11-27(18)21-25-16-4-1-2-5-17(16)26-21/h1-12H,13H2,(H,25,26). The van der Waals surface area contributed by atoms with Gasteiger partial charge in [0, 0.05) is 17.8 Å². The molecule has 7 nitrogen and oxygen atoms in total. The number of aromatic amines is 1. The number of alkyl halides is 1. The molecule has 146 valence electrons. The Morgan fingerprint density at radius 3 is 2.77 bits per heavy atom. The third-order valence-electron chi connectivity index (χ3n) is 5.35. The normalized spacial score (nSPS) is 11.8. The highest BCUT2D eigenvalue weighted by atomic mass is 35.5. The molecule has 6 aromatic rings. The van der Waals surface area contributed by atoms with Gasteiger partial charge < -0.3 is 4.98 Å². The largest absolute Gasteiger partial charge is 0.336 e. The number of halogens is 1. The van der Waals surface area contributed by atoms with Crippen molar-refractivity contribution in [2.24, 2.45) is 0 Å². The van der Waals surface area contributed by atoms with Gasteiger partial charge in [-0.05, 0) is 48.5 Å². The van der Waals surface area contributed by atoms with Gasteiger partial charge in [-0.2, -0.15) is 0 Å². The number of imidazole rings is 2. The molecule has 6 rings (SSSR count). The first kappa shape index (κ1) is 17.1. The van der Waals surface area contributed by atoms with Crippen molar-refractivity contribution in [1.82, 2.24) is 28.7 Å². The van der Waals surface area contributed by atoms with E-state index in [0.717, 1.165) is 33.6 Å². The molecule has 0 aliphatic heterocycles. The first-order valence-corrected chi connectivity index (χ1v) is 9.97. The maximum Gasteiger partial charge on any atom is 0.336 e. The molecular weight excluding hydrogens is 400 g/mol. The number of hydrogen-bond acceptors (Lipinski definition) is 3. The number of H-pyrrole nitrogens is 1. The number of nitrogens with one attached hydrogen (secondary N) is 1. The molecule has 0 spiro atoms. The Bertz CT molecular complexity index is 1590. The zero-order chi connectivity index (χ0) is 20.2. The van der Waals surface area contributed by atoms with Crippen LogP contribution in [0.15, 0.2) is 77.9 Å². The molecule has 30 heavy (non-hydrogen) atoms. The van der Waals surface area contributed by atoms with Crippen molar-refractivity contribution in [2.45, 2.75) is 6.00 Å². The molecule has 8 heteroatoms. The van der Waals surface area contributed by atoms with Crippen LogP contribution in [0.25, 0.3) is 44.7 Å². The average Bonchev–Trinajstić information content (AvgIpc) is 3.45. The number of benzene rings is 2. The minimum Gasteiger partial charge on any atom is -0.323 e. The van der Waals surface area contributed by atoms with Crippen LogP contribution in [0.3, 0.4) is 0 Å². The van der Waals surface area contributed by atoms with Crippen molar-refractivity contribution in [3.8, 4) is 11.6 Å². The minimum atomic E-state index is -0.213. The van der Waals surface area contributed by atoms with E-state index in [-0.39, 0.29) is 11.7 Å². The van der Waals surface area contributed by atoms with Gasteiger partial charge in [-0.1, -0.05) is 12.1 Å². The highest BCUT2D eigenvalue weighted by Gasteiger charge is 2.16. The summed E-state index contributed by atoms with van der Waals surface area (Å²) in [6.45, 7) is 0. The van der Waals surface area contributed by atoms with Gasteiger partial charge in [0.2, 0.25) is 5.95 Å². The van der Waals surface area contributed by atoms with Gasteiger partial charge in [0.1, 0.15) is 6.00 Å². The Morgan fingerprint density at radius 1 is 1.00 bits per heavy atom. The summed E-state index contributed by atoms with van der Waals surface area (Å²) in [6, 6.07) is 19.5. The molecule has 0 saturated carbocycles. The Morgan fingerprint density at radius 2 is 1.90 bits per heavy atom. The molecule has 0 radical (unpaired) electrons. The Balaban J connectivity index is 1.54. The molecule has 0 aliphatic rings. The summed E-state index contributed by atoms with van der Waals surface area (Å²) in [6.07, 6.45) is 3.64. The van der Waals surface area contributed by atoms with Crippen LogP contribution in [-0.4, -0.2) is 28.7 Å². The van der Waals surface area contributed by atoms with Crippen molar-refractivity contribution in [1.29, 1.82) is 0 Å². The molecule has 0 unspecified atom stereocenters. The van der Waals surface area contributed by atoms with Crippen molar-refractivity contribution in [3.63, 3.8) is 0 Å². The quantitative estimate of drug-likeness (QED) is 0.441. The summed E-state index contributed by atoms with van der Waals surface area (Å²) in [5.41, 5.74) is 4.70. The summed E-state index contributed by atoms with van der Waals surface area (Å²) in [5.74, 6) is 0.747. The number of nitrogens with zero attached hydrogens (tertiary/aromatic N) is 5. The van der Waals surface area contributed by atoms with Crippen LogP contribution < -0.4 is 5.69 Å². The van der Waals surface area contributed by atoms with E-state index in [2.05, 4.69) is 15.0 Å². The molecule has 1 N–H and O–H groups in total. The topological polar surface area (TPSA) is 73.4 Å². The lowest BCUT2D eigenvalue weighted by molar-refractivity contribution is 0.824. The highest BCUT2D eigenvalue weighted by Crippen LogP contribution is 2.24. The van der Waals surface area contributed by atoms with E-state index in [0.29, 0.717) is 11.2 Å². The van der Waals surface area contributed by atoms with Crippen LogP contribution in [0.2, 0.25) is 0 Å². The lowest BCUT2D eigenvalue weighted by Gasteiger charge is -2.05. The van der Waals surface area contributed by atoms with E-state index in [9.17, 15) is 4.79 Å². The highest BCUT2D eigenvalue weighted by molar-refractivity contribution is 6.15. The zero-order valence-electron chi connectivity index (χ0n) is 15.7. The van der Waals surface area contributed by atoms with Crippen molar-refractivity contribution >= 4 is 44.7 Å². The number of aromatic nitrogens is 6. The predicted molar refractivity (Wildman–Crippen MR) is 118 cm³/mol. The number of pyridine rings is 1. The van der Waals surface area contributed by atoms with Crippen molar-refractivity contribution < 1.29 is 0 Å². The lowest BCUT2D eigenvalue weighted by atomic mass is 10.2. The van der Waals surface area contributed by atoms with E-state index < -0.39 is 0 Å². The Labute approximate surface area is 174 Å². The smallest absolute Gasteiger partial charge is 0.323 e. The van der Waals surface area contributed by atoms with Gasteiger partial charge in [0.05, 0.1) is 27.8 Å². The van der Waals surface area contributed by atoms with E-state index >= 15 is 0 Å². The SMILES string of the molecule is O=c1n(CCl)c2cccnc2n1-c1ccc2c(ccn2-c2nc3ccccc3[nH]2)c1. The number of para-hydroxylation sites is 2. The lowest BCUT2D eigenvalue weighted by Crippen LogP contribution is -2.22. The second-order valence-electron chi connectivity index (χ2n) is 7.02. The molecule has 0 bridgehead atoms. The molecule has 4 heterocycles. The number of rotatable bonds is 3. The number of hydrogen-bond donors (Lipinski definition) is 1. The monoisotopic (exact) mass is 414 g/mol. The second kappa shape index (κ2) is 6.33. The zero-order valence-corrected chi connectivity index (χ0v) is 16.4. The molecule has 0 fully saturated rings. The van der Waals surface area contributed by atoms with E-state index in [1.54, 1.807) is 16.8 Å². The average molecular weight is 415 g/mol. The summed E-state index contributed by atoms with van der Waals surface area (Å²) >= 11 is 6.02. The van der Waals surface area contributed by atoms with Crippen LogP contribution in [-0.2, 0) is 6.00 Å². The Kier molecular flexibility index (Phi) is 3.60. The third kappa shape index (κ3) is 2.36. The molecule has 0 saturated heterocycles. The first-order chi connectivity index (χ1) is 14.7. The minimum absolute atomic E-state index is 0.0682. The van der Waals surface area contributed by atoms with Crippen LogP contribution >= 0.6 is 11.6 Å². The Hall–Kier alpha value is -3.84. The van der Waals surface area contributed by atoms with Gasteiger partial charge in [-0.15, -0.1) is 11.6 Å². The van der Waals surface area contributed by atoms with E-state index in [1.807, 2.05) is 65.4 Å². The summed E-state index contributed by atoms with van der Waals surface area (Å²) < 4.78 is 5.10. The molecule has 0 aliphatic carbocycles. The molecule has 2 aromatic carbocycles. The summed E-state index contributed by atoms with van der Waals surface area (Å²) in [7, 11) is 0. The van der Waals surface area contributed by atoms with Crippen LogP contribution in [0.1, 0.15) is 0 Å². The fourth-order valence-electron chi connectivity index (χ4n) is 3.94. The fraction of sp³-hybridized carbons (Fsp3) is 0.0455. The number of fused-ring (bicyclic) bond motifs is 3. The van der Waals surface area contributed by atoms with Crippen molar-refractivity contribution in [2.75, 3.05) is 0 Å². The second-order valence-corrected chi connectivity index (χ2v) is 7.26. The molecular formula is C22H15ClN6O. The summed E-state index contributed by atoms with van der Waals surface area (Å²) in [5, 5.41) is 0.988. The van der Waals surface area contributed by atoms with Gasteiger partial charge in [0.25, 0.3) is 0 Å². The van der Waals surface area contributed by atoms with Gasteiger partial charge >= 0.3 is 5.69 Å². The van der Waals surface area contributed by atoms with Crippen molar-refractivity contribution in [3.05, 3.63) is 83.5 Å². The predicted octanol–water partition coefficient (Wildman–Crippen LogP) is 4.20. The molecule has 4 aromatic heterocycles. The van der Waals surface area contributed by atoms with E-state index in [4.69, 9.17) is 11.6 Å². The van der Waals surface area contributed by atoms with Gasteiger partial charge in [-0.25, -0.2) is 19.3 Å². The van der Waals surface area contributed by atoms with Gasteiger partial charge in [0.15, 0.2) is 5.65 Å². The fourth-order valence-corrected chi connectivity index (χ4v) is 4.17. The maximum absolute atomic E-state index is 13.0. The first-order valence-electron chi connectivity index (χ1n) is 9.43. The third-order valence-corrected chi connectivity index (χ3v) is 5.59. The van der Waals surface area contributed by atoms with Crippen LogP contribution in [0.5, 0.6) is 0 Å². The van der Waals surface area contributed by atoms with Crippen LogP contribution in [0.4, 0.5) is 0 Å². The van der Waals surface area contributed by atoms with Crippen LogP contribution in [0, 0.1) is 0 Å². The maximum atomic E-state index is 13.0.